The molecule has 8 heteroatoms. The summed E-state index contributed by atoms with van der Waals surface area (Å²) in [5, 5.41) is 5.27. The SMILES string of the molecule is COCCCNC(=O)CSc1nc2ccsc2c(=O)n1Cc1ccccc1. The van der Waals surface area contributed by atoms with Crippen LogP contribution in [0.25, 0.3) is 10.2 Å². The van der Waals surface area contributed by atoms with Gasteiger partial charge in [-0.25, -0.2) is 4.98 Å². The Bertz CT molecular complexity index is 954. The molecule has 27 heavy (non-hydrogen) atoms. The Labute approximate surface area is 165 Å². The van der Waals surface area contributed by atoms with Crippen molar-refractivity contribution < 1.29 is 9.53 Å². The van der Waals surface area contributed by atoms with Gasteiger partial charge in [-0.05, 0) is 23.4 Å². The van der Waals surface area contributed by atoms with Gasteiger partial charge in [-0.1, -0.05) is 42.1 Å². The number of carbonyl (C=O) groups is 1. The number of nitrogens with zero attached hydrogens (tertiary/aromatic N) is 2. The maximum atomic E-state index is 12.9. The summed E-state index contributed by atoms with van der Waals surface area (Å²) in [6.07, 6.45) is 0.769. The van der Waals surface area contributed by atoms with E-state index in [1.54, 1.807) is 11.7 Å². The molecular weight excluding hydrogens is 382 g/mol. The first-order chi connectivity index (χ1) is 13.2. The third-order valence-electron chi connectivity index (χ3n) is 3.89. The lowest BCUT2D eigenvalue weighted by molar-refractivity contribution is -0.118. The van der Waals surface area contributed by atoms with Crippen molar-refractivity contribution in [3.63, 3.8) is 0 Å². The molecule has 0 aliphatic rings. The first kappa shape index (κ1) is 19.6. The zero-order valence-corrected chi connectivity index (χ0v) is 16.6. The summed E-state index contributed by atoms with van der Waals surface area (Å²) in [7, 11) is 1.63. The molecule has 0 spiro atoms. The van der Waals surface area contributed by atoms with Crippen molar-refractivity contribution in [3.05, 3.63) is 57.7 Å². The van der Waals surface area contributed by atoms with Crippen LogP contribution < -0.4 is 10.9 Å². The number of fused-ring (bicyclic) bond motifs is 1. The van der Waals surface area contributed by atoms with Gasteiger partial charge in [0.2, 0.25) is 5.91 Å². The quantitative estimate of drug-likeness (QED) is 0.338. The van der Waals surface area contributed by atoms with Gasteiger partial charge in [0, 0.05) is 20.3 Å². The minimum absolute atomic E-state index is 0.0677. The molecule has 142 valence electrons. The molecular formula is C19H21N3O3S2. The van der Waals surface area contributed by atoms with Crippen LogP contribution in [0, 0.1) is 0 Å². The van der Waals surface area contributed by atoms with Gasteiger partial charge < -0.3 is 10.1 Å². The zero-order valence-electron chi connectivity index (χ0n) is 15.0. The van der Waals surface area contributed by atoms with E-state index in [9.17, 15) is 9.59 Å². The summed E-state index contributed by atoms with van der Waals surface area (Å²) in [6.45, 7) is 1.61. The number of aromatic nitrogens is 2. The molecule has 0 saturated carbocycles. The lowest BCUT2D eigenvalue weighted by Crippen LogP contribution is -2.28. The van der Waals surface area contributed by atoms with Crippen LogP contribution in [0.15, 0.2) is 51.7 Å². The topological polar surface area (TPSA) is 73.2 Å². The van der Waals surface area contributed by atoms with E-state index in [0.717, 1.165) is 12.0 Å². The molecule has 6 nitrogen and oxygen atoms in total. The van der Waals surface area contributed by atoms with Crippen molar-refractivity contribution in [2.75, 3.05) is 26.0 Å². The van der Waals surface area contributed by atoms with Crippen LogP contribution in [-0.4, -0.2) is 41.5 Å². The number of thiophene rings is 1. The number of ether oxygens (including phenoxy) is 1. The number of benzene rings is 1. The molecule has 0 bridgehead atoms. The Balaban J connectivity index is 1.77. The molecule has 1 aromatic carbocycles. The fourth-order valence-electron chi connectivity index (χ4n) is 2.56. The van der Waals surface area contributed by atoms with E-state index in [1.165, 1.54) is 23.1 Å². The zero-order chi connectivity index (χ0) is 19.1. The number of amides is 1. The van der Waals surface area contributed by atoms with Crippen LogP contribution in [0.1, 0.15) is 12.0 Å². The smallest absolute Gasteiger partial charge is 0.272 e. The minimum Gasteiger partial charge on any atom is -0.385 e. The summed E-state index contributed by atoms with van der Waals surface area (Å²) in [6, 6.07) is 11.6. The van der Waals surface area contributed by atoms with Gasteiger partial charge in [-0.2, -0.15) is 0 Å². The van der Waals surface area contributed by atoms with Crippen molar-refractivity contribution in [3.8, 4) is 0 Å². The Morgan fingerprint density at radius 2 is 2.11 bits per heavy atom. The summed E-state index contributed by atoms with van der Waals surface area (Å²) < 4.78 is 7.26. The van der Waals surface area contributed by atoms with Gasteiger partial charge in [0.05, 0.1) is 17.8 Å². The van der Waals surface area contributed by atoms with E-state index in [0.29, 0.717) is 35.1 Å². The lowest BCUT2D eigenvalue weighted by atomic mass is 10.2. The maximum absolute atomic E-state index is 12.9. The van der Waals surface area contributed by atoms with Crippen LogP contribution in [0.5, 0.6) is 0 Å². The predicted octanol–water partition coefficient (Wildman–Crippen LogP) is 2.75. The molecule has 0 aliphatic carbocycles. The van der Waals surface area contributed by atoms with Crippen LogP contribution in [0.3, 0.4) is 0 Å². The highest BCUT2D eigenvalue weighted by Gasteiger charge is 2.14. The Hall–Kier alpha value is -2.16. The molecule has 2 heterocycles. The highest BCUT2D eigenvalue weighted by molar-refractivity contribution is 7.99. The minimum atomic E-state index is -0.0815. The summed E-state index contributed by atoms with van der Waals surface area (Å²) >= 11 is 2.68. The van der Waals surface area contributed by atoms with Crippen LogP contribution in [0.4, 0.5) is 0 Å². The molecule has 3 rings (SSSR count). The fraction of sp³-hybridized carbons (Fsp3) is 0.316. The molecule has 0 aliphatic heterocycles. The van der Waals surface area contributed by atoms with E-state index in [-0.39, 0.29) is 17.2 Å². The molecule has 1 amide bonds. The van der Waals surface area contributed by atoms with Crippen LogP contribution in [0.2, 0.25) is 0 Å². The van der Waals surface area contributed by atoms with Gasteiger partial charge in [-0.15, -0.1) is 11.3 Å². The highest BCUT2D eigenvalue weighted by atomic mass is 32.2. The van der Waals surface area contributed by atoms with Gasteiger partial charge in [-0.3, -0.25) is 14.2 Å². The van der Waals surface area contributed by atoms with Gasteiger partial charge in [0.25, 0.3) is 5.56 Å². The molecule has 0 atom stereocenters. The Morgan fingerprint density at radius 1 is 1.30 bits per heavy atom. The van der Waals surface area contributed by atoms with Crippen molar-refractivity contribution in [2.24, 2.45) is 0 Å². The molecule has 2 aromatic heterocycles. The normalized spacial score (nSPS) is 11.0. The monoisotopic (exact) mass is 403 g/mol. The third-order valence-corrected chi connectivity index (χ3v) is 5.76. The highest BCUT2D eigenvalue weighted by Crippen LogP contribution is 2.21. The van der Waals surface area contributed by atoms with Gasteiger partial charge in [0.1, 0.15) is 4.70 Å². The Kier molecular flexibility index (Phi) is 7.03. The second-order valence-electron chi connectivity index (χ2n) is 5.89. The van der Waals surface area contributed by atoms with E-state index in [2.05, 4.69) is 10.3 Å². The molecule has 0 unspecified atom stereocenters. The van der Waals surface area contributed by atoms with Gasteiger partial charge in [0.15, 0.2) is 5.16 Å². The first-order valence-corrected chi connectivity index (χ1v) is 10.5. The van der Waals surface area contributed by atoms with Crippen LogP contribution >= 0.6 is 23.1 Å². The van der Waals surface area contributed by atoms with Crippen molar-refractivity contribution in [1.29, 1.82) is 0 Å². The third kappa shape index (κ3) is 5.18. The predicted molar refractivity (Wildman–Crippen MR) is 110 cm³/mol. The number of rotatable bonds is 9. The molecule has 0 fully saturated rings. The Morgan fingerprint density at radius 3 is 2.89 bits per heavy atom. The number of carbonyl (C=O) groups excluding carboxylic acids is 1. The van der Waals surface area contributed by atoms with Gasteiger partial charge >= 0.3 is 0 Å². The molecule has 3 aromatic rings. The maximum Gasteiger partial charge on any atom is 0.272 e. The second-order valence-corrected chi connectivity index (χ2v) is 7.75. The molecule has 1 N–H and O–H groups in total. The van der Waals surface area contributed by atoms with Crippen molar-refractivity contribution >= 4 is 39.2 Å². The number of thioether (sulfide) groups is 1. The average Bonchev–Trinajstić information content (AvgIpc) is 3.16. The first-order valence-electron chi connectivity index (χ1n) is 8.59. The second kappa shape index (κ2) is 9.68. The standard InChI is InChI=1S/C19H21N3O3S2/c1-25-10-5-9-20-16(23)13-27-19-21-15-8-11-26-17(15)18(24)22(19)12-14-6-3-2-4-7-14/h2-4,6-8,11H,5,9-10,12-13H2,1H3,(H,20,23). The van der Waals surface area contributed by atoms with E-state index in [4.69, 9.17) is 4.74 Å². The molecule has 0 saturated heterocycles. The van der Waals surface area contributed by atoms with Crippen LogP contribution in [-0.2, 0) is 16.1 Å². The fourth-order valence-corrected chi connectivity index (χ4v) is 4.17. The van der Waals surface area contributed by atoms with Crippen molar-refractivity contribution in [2.45, 2.75) is 18.1 Å². The molecule has 0 radical (unpaired) electrons. The van der Waals surface area contributed by atoms with E-state index >= 15 is 0 Å². The number of hydrogen-bond donors (Lipinski definition) is 1. The van der Waals surface area contributed by atoms with E-state index in [1.807, 2.05) is 41.8 Å². The summed E-state index contributed by atoms with van der Waals surface area (Å²) in [4.78, 5) is 29.6. The lowest BCUT2D eigenvalue weighted by Gasteiger charge is -2.12. The largest absolute Gasteiger partial charge is 0.385 e. The number of nitrogens with one attached hydrogen (secondary N) is 1. The number of methoxy groups -OCH3 is 1. The van der Waals surface area contributed by atoms with Crippen molar-refractivity contribution in [1.82, 2.24) is 14.9 Å². The summed E-state index contributed by atoms with van der Waals surface area (Å²) in [5.41, 5.74) is 1.63. The summed E-state index contributed by atoms with van der Waals surface area (Å²) in [5.74, 6) is 0.131. The van der Waals surface area contributed by atoms with E-state index < -0.39 is 0 Å². The number of hydrogen-bond acceptors (Lipinski definition) is 6. The average molecular weight is 404 g/mol.